The van der Waals surface area contributed by atoms with E-state index in [0.29, 0.717) is 0 Å². The van der Waals surface area contributed by atoms with E-state index >= 15 is 0 Å². The van der Waals surface area contributed by atoms with Crippen LogP contribution >= 0.6 is 0 Å². The van der Waals surface area contributed by atoms with Crippen molar-refractivity contribution < 1.29 is 41.5 Å². The summed E-state index contributed by atoms with van der Waals surface area (Å²) in [5.74, 6) is 1.57. The summed E-state index contributed by atoms with van der Waals surface area (Å²) in [6.07, 6.45) is -5.14. The Kier molecular flexibility index (Phi) is 7.19. The van der Waals surface area contributed by atoms with Crippen LogP contribution in [-0.4, -0.2) is 75.0 Å². The molecule has 2 aliphatic heterocycles. The van der Waals surface area contributed by atoms with Crippen molar-refractivity contribution in [3.8, 4) is 0 Å². The molecule has 0 saturated carbocycles. The summed E-state index contributed by atoms with van der Waals surface area (Å²) in [5, 5.41) is 2.84. The van der Waals surface area contributed by atoms with E-state index < -0.39 is 42.2 Å². The lowest BCUT2D eigenvalue weighted by Crippen LogP contribution is -2.44. The molecule has 0 radical (unpaired) electrons. The molecule has 2 heterocycles. The standard InChI is InChI=1S/C17H20F4N6O5/c18-11-5-9(26-8-10(32-17(26)30)7-23-15(28)14(20)21)6-12(19)13(11)25-1-2-27(16(29)24-22)31-4-3-25/h5-6,10,14H,1-4,7-8,22H2,(H,23,28)(H,24,29)/t10-/m0/s1. The predicted octanol–water partition coefficient (Wildman–Crippen LogP) is 0.308. The van der Waals surface area contributed by atoms with Crippen LogP contribution in [0.1, 0.15) is 0 Å². The minimum Gasteiger partial charge on any atom is -0.442 e. The average molecular weight is 464 g/mol. The maximum absolute atomic E-state index is 14.8. The number of hydrazine groups is 1. The van der Waals surface area contributed by atoms with Gasteiger partial charge >= 0.3 is 18.5 Å². The Morgan fingerprint density at radius 1 is 1.19 bits per heavy atom. The topological polar surface area (TPSA) is 129 Å². The highest BCUT2D eigenvalue weighted by molar-refractivity contribution is 5.90. The highest BCUT2D eigenvalue weighted by atomic mass is 19.3. The fourth-order valence-corrected chi connectivity index (χ4v) is 3.25. The molecule has 2 saturated heterocycles. The number of alkyl halides is 2. The molecule has 1 aromatic rings. The van der Waals surface area contributed by atoms with Crippen LogP contribution in [0.2, 0.25) is 0 Å². The minimum absolute atomic E-state index is 0.0197. The molecule has 15 heteroatoms. The summed E-state index contributed by atoms with van der Waals surface area (Å²) in [7, 11) is 0. The lowest BCUT2D eigenvalue weighted by Gasteiger charge is -2.24. The second-order valence-corrected chi connectivity index (χ2v) is 6.79. The zero-order chi connectivity index (χ0) is 23.4. The van der Waals surface area contributed by atoms with E-state index in [-0.39, 0.29) is 50.7 Å². The first-order valence-corrected chi connectivity index (χ1v) is 9.40. The van der Waals surface area contributed by atoms with Crippen molar-refractivity contribution in [3.63, 3.8) is 0 Å². The summed E-state index contributed by atoms with van der Waals surface area (Å²) in [6.45, 7) is -0.541. The number of hydroxylamine groups is 2. The number of carbonyl (C=O) groups excluding carboxylic acids is 3. The molecule has 1 aromatic carbocycles. The highest BCUT2D eigenvalue weighted by Crippen LogP contribution is 2.31. The van der Waals surface area contributed by atoms with E-state index in [0.717, 1.165) is 22.1 Å². The zero-order valence-corrected chi connectivity index (χ0v) is 16.5. The first-order valence-electron chi connectivity index (χ1n) is 9.40. The SMILES string of the molecule is NNC(=O)N1CCN(c2c(F)cc(N3C[C@H](CNC(=O)C(F)F)OC3=O)cc2F)CCO1. The van der Waals surface area contributed by atoms with E-state index in [1.807, 2.05) is 10.7 Å². The minimum atomic E-state index is -3.22. The maximum atomic E-state index is 14.8. The number of urea groups is 1. The molecular weight excluding hydrogens is 444 g/mol. The smallest absolute Gasteiger partial charge is 0.414 e. The summed E-state index contributed by atoms with van der Waals surface area (Å²) in [5.41, 5.74) is 1.37. The monoisotopic (exact) mass is 464 g/mol. The molecule has 32 heavy (non-hydrogen) atoms. The number of anilines is 2. The van der Waals surface area contributed by atoms with Crippen molar-refractivity contribution in [1.82, 2.24) is 15.8 Å². The number of halogens is 4. The number of hydrogen-bond acceptors (Lipinski definition) is 7. The molecule has 4 amide bonds. The van der Waals surface area contributed by atoms with E-state index in [9.17, 15) is 31.9 Å². The summed E-state index contributed by atoms with van der Waals surface area (Å²) in [4.78, 5) is 42.0. The van der Waals surface area contributed by atoms with Gasteiger partial charge in [0.15, 0.2) is 11.6 Å². The molecule has 0 bridgehead atoms. The highest BCUT2D eigenvalue weighted by Gasteiger charge is 2.34. The maximum Gasteiger partial charge on any atom is 0.414 e. The first-order chi connectivity index (χ1) is 15.2. The van der Waals surface area contributed by atoms with Crippen LogP contribution in [0.25, 0.3) is 0 Å². The van der Waals surface area contributed by atoms with Gasteiger partial charge in [0.25, 0.3) is 5.91 Å². The van der Waals surface area contributed by atoms with Crippen LogP contribution < -0.4 is 26.4 Å². The van der Waals surface area contributed by atoms with Gasteiger partial charge < -0.3 is 15.0 Å². The molecule has 11 nitrogen and oxygen atoms in total. The molecule has 0 aromatic heterocycles. The Hall–Kier alpha value is -3.33. The Bertz CT molecular complexity index is 868. The van der Waals surface area contributed by atoms with Gasteiger partial charge in [-0.3, -0.25) is 20.0 Å². The molecule has 0 spiro atoms. The third-order valence-electron chi connectivity index (χ3n) is 4.74. The lowest BCUT2D eigenvalue weighted by molar-refractivity contribution is -0.132. The molecule has 4 N–H and O–H groups in total. The first kappa shape index (κ1) is 23.3. The van der Waals surface area contributed by atoms with Crippen LogP contribution in [0.15, 0.2) is 12.1 Å². The van der Waals surface area contributed by atoms with Gasteiger partial charge in [0.1, 0.15) is 11.8 Å². The quantitative estimate of drug-likeness (QED) is 0.248. The number of carbonyl (C=O) groups is 3. The number of nitrogens with zero attached hydrogens (tertiary/aromatic N) is 3. The number of nitrogens with one attached hydrogen (secondary N) is 2. The Balaban J connectivity index is 1.70. The molecule has 0 unspecified atom stereocenters. The van der Waals surface area contributed by atoms with E-state index in [2.05, 4.69) is 0 Å². The van der Waals surface area contributed by atoms with Gasteiger partial charge in [-0.2, -0.15) is 8.78 Å². The van der Waals surface area contributed by atoms with Crippen molar-refractivity contribution in [2.45, 2.75) is 12.5 Å². The van der Waals surface area contributed by atoms with Crippen molar-refractivity contribution in [1.29, 1.82) is 0 Å². The van der Waals surface area contributed by atoms with Gasteiger partial charge in [-0.1, -0.05) is 0 Å². The van der Waals surface area contributed by atoms with Crippen LogP contribution in [0.3, 0.4) is 0 Å². The molecule has 1 atom stereocenters. The zero-order valence-electron chi connectivity index (χ0n) is 16.5. The number of rotatable bonds is 5. The third kappa shape index (κ3) is 5.11. The molecule has 3 rings (SSSR count). The lowest BCUT2D eigenvalue weighted by atomic mass is 10.2. The van der Waals surface area contributed by atoms with Crippen molar-refractivity contribution >= 4 is 29.4 Å². The van der Waals surface area contributed by atoms with Crippen molar-refractivity contribution in [2.24, 2.45) is 5.84 Å². The molecule has 2 fully saturated rings. The van der Waals surface area contributed by atoms with Crippen LogP contribution in [0, 0.1) is 11.6 Å². The van der Waals surface area contributed by atoms with Gasteiger partial charge in [-0.05, 0) is 0 Å². The van der Waals surface area contributed by atoms with Crippen LogP contribution in [-0.2, 0) is 14.4 Å². The molecule has 2 aliphatic rings. The number of ether oxygens (including phenoxy) is 1. The number of nitrogens with two attached hydrogens (primary N) is 1. The second kappa shape index (κ2) is 9.86. The number of cyclic esters (lactones) is 1. The number of hydrogen-bond donors (Lipinski definition) is 3. The van der Waals surface area contributed by atoms with Gasteiger partial charge in [0, 0.05) is 25.2 Å². The van der Waals surface area contributed by atoms with E-state index in [1.165, 1.54) is 4.90 Å². The normalized spacial score (nSPS) is 19.1. The molecular formula is C17H20F4N6O5. The Morgan fingerprint density at radius 3 is 2.50 bits per heavy atom. The predicted molar refractivity (Wildman–Crippen MR) is 101 cm³/mol. The Morgan fingerprint density at radius 2 is 1.88 bits per heavy atom. The second-order valence-electron chi connectivity index (χ2n) is 6.79. The Labute approximate surface area is 178 Å². The van der Waals surface area contributed by atoms with E-state index in [4.69, 9.17) is 15.4 Å². The van der Waals surface area contributed by atoms with Crippen LogP contribution in [0.4, 0.5) is 38.5 Å². The van der Waals surface area contributed by atoms with Crippen LogP contribution in [0.5, 0.6) is 0 Å². The fraction of sp³-hybridized carbons (Fsp3) is 0.471. The molecule has 0 aliphatic carbocycles. The fourth-order valence-electron chi connectivity index (χ4n) is 3.25. The van der Waals surface area contributed by atoms with Gasteiger partial charge in [0.2, 0.25) is 0 Å². The van der Waals surface area contributed by atoms with Gasteiger partial charge in [0.05, 0.1) is 31.9 Å². The van der Waals surface area contributed by atoms with E-state index in [1.54, 1.807) is 0 Å². The largest absolute Gasteiger partial charge is 0.442 e. The third-order valence-corrected chi connectivity index (χ3v) is 4.74. The van der Waals surface area contributed by atoms with Gasteiger partial charge in [-0.25, -0.2) is 29.3 Å². The average Bonchev–Trinajstić information content (AvgIpc) is 2.95. The van der Waals surface area contributed by atoms with Crippen molar-refractivity contribution in [2.75, 3.05) is 49.1 Å². The number of amides is 4. The van der Waals surface area contributed by atoms with Crippen molar-refractivity contribution in [3.05, 3.63) is 23.8 Å². The summed E-state index contributed by atoms with van der Waals surface area (Å²) < 4.78 is 59.1. The summed E-state index contributed by atoms with van der Waals surface area (Å²) >= 11 is 0. The summed E-state index contributed by atoms with van der Waals surface area (Å²) in [6, 6.07) is 1.14. The number of benzene rings is 1. The van der Waals surface area contributed by atoms with Gasteiger partial charge in [-0.15, -0.1) is 0 Å². The molecule has 176 valence electrons.